The predicted octanol–water partition coefficient (Wildman–Crippen LogP) is 4.22. The molecule has 0 aliphatic heterocycles. The fourth-order valence-electron chi connectivity index (χ4n) is 5.05. The van der Waals surface area contributed by atoms with Gasteiger partial charge >= 0.3 is 0 Å². The second kappa shape index (κ2) is 7.26. The van der Waals surface area contributed by atoms with Gasteiger partial charge in [-0.3, -0.25) is 4.90 Å². The molecule has 0 saturated heterocycles. The lowest BCUT2D eigenvalue weighted by Gasteiger charge is -2.48. The van der Waals surface area contributed by atoms with Gasteiger partial charge in [-0.1, -0.05) is 38.5 Å². The molecule has 2 N–H and O–H groups in total. The van der Waals surface area contributed by atoms with Crippen molar-refractivity contribution in [3.05, 3.63) is 0 Å². The molecular formula is C18H34N2. The molecular weight excluding hydrogens is 244 g/mol. The molecule has 3 fully saturated rings. The monoisotopic (exact) mass is 278 g/mol. The van der Waals surface area contributed by atoms with Crippen LogP contribution in [-0.2, 0) is 0 Å². The highest BCUT2D eigenvalue weighted by Gasteiger charge is 2.35. The third-order valence-corrected chi connectivity index (χ3v) is 6.16. The number of rotatable bonds is 3. The molecule has 2 nitrogen and oxygen atoms in total. The van der Waals surface area contributed by atoms with Crippen LogP contribution in [0.25, 0.3) is 0 Å². The van der Waals surface area contributed by atoms with Crippen LogP contribution in [-0.4, -0.2) is 29.1 Å². The summed E-state index contributed by atoms with van der Waals surface area (Å²) in [4.78, 5) is 3.03. The van der Waals surface area contributed by atoms with E-state index in [4.69, 9.17) is 5.73 Å². The van der Waals surface area contributed by atoms with Crippen LogP contribution in [0.2, 0.25) is 0 Å². The van der Waals surface area contributed by atoms with Crippen molar-refractivity contribution in [3.8, 4) is 0 Å². The van der Waals surface area contributed by atoms with E-state index >= 15 is 0 Å². The largest absolute Gasteiger partial charge is 0.328 e. The molecule has 3 aliphatic carbocycles. The summed E-state index contributed by atoms with van der Waals surface area (Å²) in [7, 11) is 0. The Balaban J connectivity index is 1.68. The lowest BCUT2D eigenvalue weighted by Crippen LogP contribution is -2.52. The zero-order chi connectivity index (χ0) is 13.8. The fourth-order valence-corrected chi connectivity index (χ4v) is 5.05. The summed E-state index contributed by atoms with van der Waals surface area (Å²) in [6.45, 7) is 0. The van der Waals surface area contributed by atoms with E-state index < -0.39 is 0 Å². The molecule has 0 unspecified atom stereocenters. The molecule has 3 saturated carbocycles. The molecule has 3 aliphatic rings. The van der Waals surface area contributed by atoms with Crippen molar-refractivity contribution in [1.29, 1.82) is 0 Å². The van der Waals surface area contributed by atoms with E-state index in [1.807, 2.05) is 0 Å². The minimum Gasteiger partial charge on any atom is -0.328 e. The standard InChI is InChI=1S/C18H34N2/c19-15-11-13-18(14-12-15)20(16-7-3-1-4-8-16)17-9-5-2-6-10-17/h15-18H,1-14,19H2. The molecule has 20 heavy (non-hydrogen) atoms. The van der Waals surface area contributed by atoms with Crippen molar-refractivity contribution < 1.29 is 0 Å². The number of nitrogens with zero attached hydrogens (tertiary/aromatic N) is 1. The van der Waals surface area contributed by atoms with Crippen LogP contribution in [0.1, 0.15) is 89.9 Å². The van der Waals surface area contributed by atoms with Gasteiger partial charge in [-0.15, -0.1) is 0 Å². The van der Waals surface area contributed by atoms with Gasteiger partial charge in [0.1, 0.15) is 0 Å². The van der Waals surface area contributed by atoms with Gasteiger partial charge in [-0.05, 0) is 51.4 Å². The number of nitrogens with two attached hydrogens (primary N) is 1. The van der Waals surface area contributed by atoms with Crippen molar-refractivity contribution in [2.75, 3.05) is 0 Å². The summed E-state index contributed by atoms with van der Waals surface area (Å²) >= 11 is 0. The van der Waals surface area contributed by atoms with Gasteiger partial charge in [-0.25, -0.2) is 0 Å². The molecule has 0 aromatic rings. The fraction of sp³-hybridized carbons (Fsp3) is 1.00. The van der Waals surface area contributed by atoms with Gasteiger partial charge in [0.15, 0.2) is 0 Å². The molecule has 0 bridgehead atoms. The predicted molar refractivity (Wildman–Crippen MR) is 85.8 cm³/mol. The molecule has 116 valence electrons. The molecule has 0 amide bonds. The van der Waals surface area contributed by atoms with Crippen molar-refractivity contribution in [2.45, 2.75) is 114 Å². The van der Waals surface area contributed by atoms with E-state index in [0.29, 0.717) is 6.04 Å². The summed E-state index contributed by atoms with van der Waals surface area (Å²) in [5.41, 5.74) is 6.14. The molecule has 0 aromatic carbocycles. The Morgan fingerprint density at radius 1 is 0.500 bits per heavy atom. The Morgan fingerprint density at radius 2 is 0.900 bits per heavy atom. The molecule has 0 radical (unpaired) electrons. The third kappa shape index (κ3) is 3.57. The zero-order valence-corrected chi connectivity index (χ0v) is 13.2. The molecule has 0 aromatic heterocycles. The summed E-state index contributed by atoms with van der Waals surface area (Å²) in [5, 5.41) is 0. The smallest absolute Gasteiger partial charge is 0.0102 e. The lowest BCUT2D eigenvalue weighted by molar-refractivity contribution is 0.0200. The van der Waals surface area contributed by atoms with Gasteiger partial charge in [0, 0.05) is 24.2 Å². The Kier molecular flexibility index (Phi) is 5.39. The van der Waals surface area contributed by atoms with Crippen LogP contribution in [0.5, 0.6) is 0 Å². The van der Waals surface area contributed by atoms with Crippen molar-refractivity contribution in [3.63, 3.8) is 0 Å². The minimum absolute atomic E-state index is 0.491. The first-order chi connectivity index (χ1) is 9.84. The van der Waals surface area contributed by atoms with Crippen LogP contribution < -0.4 is 5.73 Å². The van der Waals surface area contributed by atoms with Crippen LogP contribution in [0.4, 0.5) is 0 Å². The van der Waals surface area contributed by atoms with Crippen LogP contribution in [0.3, 0.4) is 0 Å². The highest BCUT2D eigenvalue weighted by atomic mass is 15.2. The van der Waals surface area contributed by atoms with Crippen LogP contribution >= 0.6 is 0 Å². The maximum atomic E-state index is 6.14. The minimum atomic E-state index is 0.491. The van der Waals surface area contributed by atoms with E-state index in [9.17, 15) is 0 Å². The number of hydrogen-bond donors (Lipinski definition) is 1. The maximum absolute atomic E-state index is 6.14. The van der Waals surface area contributed by atoms with Crippen LogP contribution in [0, 0.1) is 0 Å². The van der Waals surface area contributed by atoms with Crippen molar-refractivity contribution in [1.82, 2.24) is 4.90 Å². The van der Waals surface area contributed by atoms with Crippen molar-refractivity contribution >= 4 is 0 Å². The van der Waals surface area contributed by atoms with Gasteiger partial charge in [-0.2, -0.15) is 0 Å². The Labute approximate surface area is 125 Å². The van der Waals surface area contributed by atoms with E-state index in [-0.39, 0.29) is 0 Å². The Hall–Kier alpha value is -0.0800. The van der Waals surface area contributed by atoms with Crippen LogP contribution in [0.15, 0.2) is 0 Å². The molecule has 3 rings (SSSR count). The third-order valence-electron chi connectivity index (χ3n) is 6.16. The van der Waals surface area contributed by atoms with E-state index in [1.54, 1.807) is 0 Å². The lowest BCUT2D eigenvalue weighted by atomic mass is 9.83. The maximum Gasteiger partial charge on any atom is 0.0102 e. The highest BCUT2D eigenvalue weighted by Crippen LogP contribution is 2.35. The van der Waals surface area contributed by atoms with Gasteiger partial charge in [0.05, 0.1) is 0 Å². The van der Waals surface area contributed by atoms with E-state index in [1.165, 1.54) is 89.9 Å². The first kappa shape index (κ1) is 14.8. The SMILES string of the molecule is NC1CCC(N(C2CCCCC2)C2CCCCC2)CC1. The topological polar surface area (TPSA) is 29.3 Å². The average molecular weight is 278 g/mol. The summed E-state index contributed by atoms with van der Waals surface area (Å²) in [6.07, 6.45) is 20.0. The summed E-state index contributed by atoms with van der Waals surface area (Å²) in [5.74, 6) is 0. The Bertz CT molecular complexity index is 253. The first-order valence-corrected chi connectivity index (χ1v) is 9.37. The normalized spacial score (nSPS) is 34.5. The second-order valence-electron chi connectivity index (χ2n) is 7.60. The number of hydrogen-bond acceptors (Lipinski definition) is 2. The van der Waals surface area contributed by atoms with E-state index in [2.05, 4.69) is 4.90 Å². The van der Waals surface area contributed by atoms with Gasteiger partial charge in [0.25, 0.3) is 0 Å². The highest BCUT2D eigenvalue weighted by molar-refractivity contribution is 4.91. The quantitative estimate of drug-likeness (QED) is 0.837. The van der Waals surface area contributed by atoms with Crippen molar-refractivity contribution in [2.24, 2.45) is 5.73 Å². The first-order valence-electron chi connectivity index (χ1n) is 9.37. The molecule has 0 atom stereocenters. The second-order valence-corrected chi connectivity index (χ2v) is 7.60. The van der Waals surface area contributed by atoms with Gasteiger partial charge in [0.2, 0.25) is 0 Å². The average Bonchev–Trinajstić information content (AvgIpc) is 2.52. The summed E-state index contributed by atoms with van der Waals surface area (Å²) in [6, 6.07) is 3.17. The molecule has 0 heterocycles. The zero-order valence-electron chi connectivity index (χ0n) is 13.2. The van der Waals surface area contributed by atoms with Gasteiger partial charge < -0.3 is 5.73 Å². The molecule has 2 heteroatoms. The summed E-state index contributed by atoms with van der Waals surface area (Å²) < 4.78 is 0. The van der Waals surface area contributed by atoms with E-state index in [0.717, 1.165) is 18.1 Å². The Morgan fingerprint density at radius 3 is 1.35 bits per heavy atom. The molecule has 0 spiro atoms.